The lowest BCUT2D eigenvalue weighted by atomic mass is 10.6. The lowest BCUT2D eigenvalue weighted by Crippen LogP contribution is -2.38. The zero-order chi connectivity index (χ0) is 8.91. The minimum Gasteiger partial charge on any atom is -0.411 e. The molecule has 0 amide bonds. The Morgan fingerprint density at radius 1 is 1.27 bits per heavy atom. The first-order valence-electron chi connectivity index (χ1n) is 4.58. The quantitative estimate of drug-likeness (QED) is 0.577. The molecule has 0 aromatic heterocycles. The molecule has 0 aromatic carbocycles. The molecule has 2 heteroatoms. The van der Waals surface area contributed by atoms with E-state index in [1.807, 2.05) is 13.5 Å². The fourth-order valence-corrected chi connectivity index (χ4v) is 4.81. The molecular formula is C9H21OSi. The van der Waals surface area contributed by atoms with Gasteiger partial charge in [-0.05, 0) is 24.6 Å². The Hall–Kier alpha value is 0.177. The third kappa shape index (κ3) is 2.60. The molecule has 0 aliphatic carbocycles. The van der Waals surface area contributed by atoms with E-state index in [4.69, 9.17) is 4.43 Å². The maximum atomic E-state index is 5.80. The molecule has 1 nitrogen and oxygen atoms in total. The molecule has 11 heavy (non-hydrogen) atoms. The molecule has 0 bridgehead atoms. The molecular weight excluding hydrogens is 152 g/mol. The van der Waals surface area contributed by atoms with Crippen molar-refractivity contribution in [2.75, 3.05) is 0 Å². The van der Waals surface area contributed by atoms with Gasteiger partial charge in [0.15, 0.2) is 8.32 Å². The van der Waals surface area contributed by atoms with Gasteiger partial charge in [-0.2, -0.15) is 0 Å². The van der Waals surface area contributed by atoms with Crippen molar-refractivity contribution < 1.29 is 4.43 Å². The maximum Gasteiger partial charge on any atom is 0.195 e. The topological polar surface area (TPSA) is 9.23 Å². The summed E-state index contributed by atoms with van der Waals surface area (Å²) in [6, 6.07) is 2.46. The van der Waals surface area contributed by atoms with Crippen molar-refractivity contribution in [2.45, 2.75) is 52.2 Å². The van der Waals surface area contributed by atoms with E-state index in [9.17, 15) is 0 Å². The fourth-order valence-electron chi connectivity index (χ4n) is 1.60. The summed E-state index contributed by atoms with van der Waals surface area (Å²) < 4.78 is 5.80. The highest BCUT2D eigenvalue weighted by molar-refractivity contribution is 6.75. The number of hydrogen-bond acceptors (Lipinski definition) is 1. The lowest BCUT2D eigenvalue weighted by Gasteiger charge is -2.32. The lowest BCUT2D eigenvalue weighted by molar-refractivity contribution is 0.385. The van der Waals surface area contributed by atoms with Gasteiger partial charge in [-0.15, -0.1) is 0 Å². The van der Waals surface area contributed by atoms with Crippen LogP contribution in [-0.4, -0.2) is 8.32 Å². The molecule has 0 aliphatic rings. The van der Waals surface area contributed by atoms with E-state index < -0.39 is 8.32 Å². The average molecular weight is 173 g/mol. The van der Waals surface area contributed by atoms with E-state index in [0.717, 1.165) is 5.54 Å². The Morgan fingerprint density at radius 2 is 1.73 bits per heavy atom. The van der Waals surface area contributed by atoms with Crippen molar-refractivity contribution in [3.63, 3.8) is 0 Å². The summed E-state index contributed by atoms with van der Waals surface area (Å²) in [7, 11) is -1.38. The predicted molar refractivity (Wildman–Crippen MR) is 52.9 cm³/mol. The summed E-state index contributed by atoms with van der Waals surface area (Å²) in [4.78, 5) is 0. The van der Waals surface area contributed by atoms with Gasteiger partial charge in [0.25, 0.3) is 0 Å². The van der Waals surface area contributed by atoms with Crippen LogP contribution in [0.15, 0.2) is 0 Å². The number of hydrogen-bond donors (Lipinski definition) is 0. The summed E-state index contributed by atoms with van der Waals surface area (Å²) in [5, 5.41) is 0. The monoisotopic (exact) mass is 173 g/mol. The summed E-state index contributed by atoms with van der Waals surface area (Å²) in [5.74, 6) is 0. The van der Waals surface area contributed by atoms with Crippen LogP contribution in [0.4, 0.5) is 0 Å². The van der Waals surface area contributed by atoms with Crippen LogP contribution >= 0.6 is 0 Å². The van der Waals surface area contributed by atoms with E-state index in [0.29, 0.717) is 0 Å². The van der Waals surface area contributed by atoms with Crippen molar-refractivity contribution in [1.82, 2.24) is 0 Å². The van der Waals surface area contributed by atoms with Crippen LogP contribution in [-0.2, 0) is 4.43 Å². The highest BCUT2D eigenvalue weighted by Gasteiger charge is 2.34. The third-order valence-corrected chi connectivity index (χ3v) is 7.81. The first-order chi connectivity index (χ1) is 5.13. The highest BCUT2D eigenvalue weighted by atomic mass is 28.4. The van der Waals surface area contributed by atoms with Crippen LogP contribution in [0.1, 0.15) is 34.6 Å². The molecule has 0 heterocycles. The maximum absolute atomic E-state index is 5.80. The minimum absolute atomic E-state index is 0.730. The van der Waals surface area contributed by atoms with Crippen molar-refractivity contribution in [3.8, 4) is 0 Å². The molecule has 0 aromatic rings. The second-order valence-electron chi connectivity index (χ2n) is 3.28. The van der Waals surface area contributed by atoms with Crippen LogP contribution in [0.5, 0.6) is 0 Å². The van der Waals surface area contributed by atoms with Gasteiger partial charge in [0.1, 0.15) is 0 Å². The zero-order valence-electron chi connectivity index (χ0n) is 8.48. The molecule has 0 spiro atoms. The summed E-state index contributed by atoms with van der Waals surface area (Å²) in [6.45, 7) is 12.9. The Morgan fingerprint density at radius 3 is 1.82 bits per heavy atom. The molecule has 0 fully saturated rings. The first-order valence-corrected chi connectivity index (χ1v) is 6.98. The normalized spacial score (nSPS) is 12.5. The van der Waals surface area contributed by atoms with Crippen molar-refractivity contribution in [2.24, 2.45) is 0 Å². The van der Waals surface area contributed by atoms with E-state index in [-0.39, 0.29) is 0 Å². The van der Waals surface area contributed by atoms with Crippen molar-refractivity contribution in [3.05, 3.63) is 6.61 Å². The van der Waals surface area contributed by atoms with Crippen LogP contribution in [0.2, 0.25) is 17.6 Å². The molecule has 0 N–H and O–H groups in total. The van der Waals surface area contributed by atoms with Crippen LogP contribution in [0, 0.1) is 6.61 Å². The van der Waals surface area contributed by atoms with Crippen LogP contribution < -0.4 is 0 Å². The van der Waals surface area contributed by atoms with Crippen LogP contribution in [0.3, 0.4) is 0 Å². The molecule has 1 radical (unpaired) electrons. The predicted octanol–water partition coefficient (Wildman–Crippen LogP) is 3.58. The molecule has 0 aliphatic heterocycles. The van der Waals surface area contributed by atoms with E-state index in [1.165, 1.54) is 12.1 Å². The van der Waals surface area contributed by atoms with Crippen molar-refractivity contribution in [1.29, 1.82) is 0 Å². The Kier molecular flexibility index (Phi) is 5.02. The van der Waals surface area contributed by atoms with Crippen molar-refractivity contribution >= 4 is 8.32 Å². The highest BCUT2D eigenvalue weighted by Crippen LogP contribution is 2.30. The second-order valence-corrected chi connectivity index (χ2v) is 8.21. The van der Waals surface area contributed by atoms with E-state index in [2.05, 4.69) is 27.7 Å². The smallest absolute Gasteiger partial charge is 0.195 e. The largest absolute Gasteiger partial charge is 0.411 e. The summed E-state index contributed by atoms with van der Waals surface area (Å²) in [6.07, 6.45) is 0. The number of rotatable bonds is 5. The van der Waals surface area contributed by atoms with Gasteiger partial charge in [0, 0.05) is 0 Å². The van der Waals surface area contributed by atoms with Gasteiger partial charge in [-0.1, -0.05) is 27.7 Å². The van der Waals surface area contributed by atoms with E-state index >= 15 is 0 Å². The minimum atomic E-state index is -1.38. The first kappa shape index (κ1) is 11.2. The summed E-state index contributed by atoms with van der Waals surface area (Å²) in [5.41, 5.74) is 0.730. The van der Waals surface area contributed by atoms with Gasteiger partial charge >= 0.3 is 0 Å². The standard InChI is InChI=1S/C9H21OSi/c1-6-10-11(7-2,8-3)9(4)5/h6,9H,7-8H2,1-5H3. The van der Waals surface area contributed by atoms with Crippen LogP contribution in [0.25, 0.3) is 0 Å². The van der Waals surface area contributed by atoms with Gasteiger partial charge in [0.05, 0.1) is 6.61 Å². The SMILES string of the molecule is C[CH]O[Si](CC)(CC)C(C)C. The van der Waals surface area contributed by atoms with Gasteiger partial charge in [0.2, 0.25) is 0 Å². The molecule has 67 valence electrons. The molecule has 0 atom stereocenters. The fraction of sp³-hybridized carbons (Fsp3) is 0.889. The molecule has 0 unspecified atom stereocenters. The second kappa shape index (κ2) is 4.94. The molecule has 0 saturated carbocycles. The third-order valence-electron chi connectivity index (χ3n) is 2.60. The zero-order valence-corrected chi connectivity index (χ0v) is 9.48. The Bertz CT molecular complexity index is 97.7. The van der Waals surface area contributed by atoms with Gasteiger partial charge in [-0.3, -0.25) is 0 Å². The van der Waals surface area contributed by atoms with E-state index in [1.54, 1.807) is 0 Å². The Labute approximate surface area is 72.3 Å². The Balaban J connectivity index is 4.20. The summed E-state index contributed by atoms with van der Waals surface area (Å²) >= 11 is 0. The molecule has 0 saturated heterocycles. The van der Waals surface area contributed by atoms with Gasteiger partial charge in [-0.25, -0.2) is 0 Å². The van der Waals surface area contributed by atoms with Gasteiger partial charge < -0.3 is 4.43 Å². The average Bonchev–Trinajstić information content (AvgIpc) is 2.00. The molecule has 0 rings (SSSR count).